The molecule has 0 radical (unpaired) electrons. The van der Waals surface area contributed by atoms with E-state index in [0.29, 0.717) is 28.0 Å². The van der Waals surface area contributed by atoms with E-state index in [1.807, 2.05) is 42.5 Å². The van der Waals surface area contributed by atoms with Crippen LogP contribution < -0.4 is 4.74 Å². The molecule has 0 fully saturated rings. The fourth-order valence-corrected chi connectivity index (χ4v) is 4.93. The van der Waals surface area contributed by atoms with Gasteiger partial charge in [-0.25, -0.2) is 9.97 Å². The van der Waals surface area contributed by atoms with Crippen LogP contribution in [-0.2, 0) is 16.1 Å². The van der Waals surface area contributed by atoms with Crippen LogP contribution in [0.2, 0.25) is 0 Å². The zero-order valence-electron chi connectivity index (χ0n) is 20.3. The number of hydrogen-bond acceptors (Lipinski definition) is 7. The highest BCUT2D eigenvalue weighted by atomic mass is 79.9. The van der Waals surface area contributed by atoms with E-state index in [1.165, 1.54) is 13.2 Å². The van der Waals surface area contributed by atoms with Gasteiger partial charge in [-0.1, -0.05) is 34.1 Å². The number of phenolic OH excluding ortho intramolecular Hbond substituents is 1. The molecule has 0 bridgehead atoms. The van der Waals surface area contributed by atoms with Crippen LogP contribution in [0.15, 0.2) is 75.8 Å². The van der Waals surface area contributed by atoms with E-state index < -0.39 is 11.8 Å². The fourth-order valence-electron chi connectivity index (χ4n) is 4.57. The summed E-state index contributed by atoms with van der Waals surface area (Å²) in [5.74, 6) is -0.764. The molecule has 9 nitrogen and oxygen atoms in total. The van der Waals surface area contributed by atoms with Gasteiger partial charge in [0.15, 0.2) is 17.1 Å². The Hall–Kier alpha value is -4.57. The normalized spacial score (nSPS) is 14.7. The van der Waals surface area contributed by atoms with Gasteiger partial charge in [-0.15, -0.1) is 0 Å². The van der Waals surface area contributed by atoms with Crippen molar-refractivity contribution in [3.05, 3.63) is 76.3 Å². The Morgan fingerprint density at radius 2 is 1.84 bits per heavy atom. The minimum absolute atomic E-state index is 0.0105. The van der Waals surface area contributed by atoms with Crippen molar-refractivity contribution in [3.8, 4) is 11.5 Å². The summed E-state index contributed by atoms with van der Waals surface area (Å²) >= 11 is 3.52. The van der Waals surface area contributed by atoms with E-state index in [0.717, 1.165) is 25.9 Å². The van der Waals surface area contributed by atoms with Crippen molar-refractivity contribution in [1.82, 2.24) is 19.5 Å². The number of hydrogen-bond donors (Lipinski definition) is 1. The lowest BCUT2D eigenvalue weighted by Gasteiger charge is -2.12. The van der Waals surface area contributed by atoms with E-state index in [1.54, 1.807) is 29.7 Å². The third-order valence-electron chi connectivity index (χ3n) is 6.42. The molecule has 0 saturated heterocycles. The van der Waals surface area contributed by atoms with Gasteiger partial charge >= 0.3 is 0 Å². The molecule has 2 amide bonds. The first kappa shape index (κ1) is 23.8. The fraction of sp³-hybridized carbons (Fsp3) is 0.107. The largest absolute Gasteiger partial charge is 0.504 e. The van der Waals surface area contributed by atoms with E-state index in [2.05, 4.69) is 21.0 Å². The van der Waals surface area contributed by atoms with Gasteiger partial charge in [-0.3, -0.25) is 9.59 Å². The molecule has 1 aliphatic rings. The Balaban J connectivity index is 1.38. The standard InChI is InChI=1S/C28H20BrN5O4/c1-15-18(11-16-7-10-23(35)24(12-16)38-2)28(37)34(32-15)25(36)14-33-22-9-8-17(29)13-19(22)26-27(33)31-21-6-4-3-5-20(21)30-26/h3-13,35H,14H2,1-2H3/b18-11+. The number of methoxy groups -OCH3 is 1. The molecule has 1 N–H and O–H groups in total. The van der Waals surface area contributed by atoms with E-state index >= 15 is 0 Å². The van der Waals surface area contributed by atoms with Gasteiger partial charge in [0.2, 0.25) is 0 Å². The molecule has 1 aliphatic heterocycles. The number of nitrogens with zero attached hydrogens (tertiary/aromatic N) is 5. The number of rotatable bonds is 4. The van der Waals surface area contributed by atoms with Crippen molar-refractivity contribution in [2.75, 3.05) is 7.11 Å². The number of carbonyl (C=O) groups excluding carboxylic acids is 2. The molecule has 0 saturated carbocycles. The number of amides is 2. The minimum atomic E-state index is -0.528. The molecule has 10 heteroatoms. The van der Waals surface area contributed by atoms with Crippen molar-refractivity contribution < 1.29 is 19.4 Å². The third kappa shape index (κ3) is 3.90. The quantitative estimate of drug-likeness (QED) is 0.303. The number of para-hydroxylation sites is 2. The van der Waals surface area contributed by atoms with Crippen molar-refractivity contribution >= 4 is 72.6 Å². The van der Waals surface area contributed by atoms with Gasteiger partial charge in [0.1, 0.15) is 12.1 Å². The number of phenols is 1. The van der Waals surface area contributed by atoms with Crippen LogP contribution in [0.3, 0.4) is 0 Å². The maximum absolute atomic E-state index is 13.5. The number of fused-ring (bicyclic) bond motifs is 4. The van der Waals surface area contributed by atoms with Crippen molar-refractivity contribution in [2.24, 2.45) is 5.10 Å². The number of aromatic hydroxyl groups is 1. The zero-order valence-corrected chi connectivity index (χ0v) is 21.9. The molecule has 6 rings (SSSR count). The van der Waals surface area contributed by atoms with Crippen LogP contribution in [0.1, 0.15) is 12.5 Å². The Kier molecular flexibility index (Phi) is 5.68. The third-order valence-corrected chi connectivity index (χ3v) is 6.91. The molecule has 0 atom stereocenters. The van der Waals surface area contributed by atoms with Crippen molar-refractivity contribution in [1.29, 1.82) is 0 Å². The maximum Gasteiger partial charge on any atom is 0.283 e. The van der Waals surface area contributed by atoms with Gasteiger partial charge in [0, 0.05) is 9.86 Å². The monoisotopic (exact) mass is 569 g/mol. The Labute approximate surface area is 224 Å². The van der Waals surface area contributed by atoms with E-state index in [-0.39, 0.29) is 23.6 Å². The molecule has 3 aromatic carbocycles. The molecule has 188 valence electrons. The summed E-state index contributed by atoms with van der Waals surface area (Å²) in [4.78, 5) is 36.3. The van der Waals surface area contributed by atoms with Gasteiger partial charge in [0.25, 0.3) is 11.8 Å². The summed E-state index contributed by atoms with van der Waals surface area (Å²) < 4.78 is 7.79. The summed E-state index contributed by atoms with van der Waals surface area (Å²) in [6.07, 6.45) is 1.62. The summed E-state index contributed by atoms with van der Waals surface area (Å²) in [5.41, 5.74) is 4.76. The topological polar surface area (TPSA) is 110 Å². The predicted octanol–water partition coefficient (Wildman–Crippen LogP) is 5.04. The highest BCUT2D eigenvalue weighted by Gasteiger charge is 2.33. The van der Waals surface area contributed by atoms with E-state index in [4.69, 9.17) is 14.7 Å². The molecular formula is C28H20BrN5O4. The second-order valence-corrected chi connectivity index (χ2v) is 9.73. The summed E-state index contributed by atoms with van der Waals surface area (Å²) in [7, 11) is 1.44. The molecule has 0 spiro atoms. The zero-order chi connectivity index (χ0) is 26.6. The van der Waals surface area contributed by atoms with Crippen LogP contribution in [0.4, 0.5) is 0 Å². The second kappa shape index (κ2) is 9.07. The molecule has 38 heavy (non-hydrogen) atoms. The molecule has 0 unspecified atom stereocenters. The van der Waals surface area contributed by atoms with Crippen LogP contribution in [0.25, 0.3) is 39.2 Å². The highest BCUT2D eigenvalue weighted by molar-refractivity contribution is 9.10. The average Bonchev–Trinajstić information content (AvgIpc) is 3.36. The Bertz CT molecular complexity index is 1870. The summed E-state index contributed by atoms with van der Waals surface area (Å²) in [6.45, 7) is 1.52. The first-order chi connectivity index (χ1) is 18.3. The summed E-state index contributed by atoms with van der Waals surface area (Å²) in [5, 5.41) is 15.8. The van der Waals surface area contributed by atoms with Crippen LogP contribution >= 0.6 is 15.9 Å². The second-order valence-electron chi connectivity index (χ2n) is 8.82. The smallest absolute Gasteiger partial charge is 0.283 e. The number of ether oxygens (including phenoxy) is 1. The predicted molar refractivity (Wildman–Crippen MR) is 148 cm³/mol. The lowest BCUT2D eigenvalue weighted by atomic mass is 10.1. The molecule has 5 aromatic rings. The number of imide groups is 1. The maximum atomic E-state index is 13.5. The van der Waals surface area contributed by atoms with Crippen LogP contribution in [0.5, 0.6) is 11.5 Å². The molecule has 3 heterocycles. The molecule has 0 aliphatic carbocycles. The van der Waals surface area contributed by atoms with Crippen molar-refractivity contribution in [3.63, 3.8) is 0 Å². The van der Waals surface area contributed by atoms with Gasteiger partial charge < -0.3 is 14.4 Å². The first-order valence-electron chi connectivity index (χ1n) is 11.7. The Morgan fingerprint density at radius 1 is 1.08 bits per heavy atom. The number of carbonyl (C=O) groups is 2. The average molecular weight is 570 g/mol. The minimum Gasteiger partial charge on any atom is -0.504 e. The number of hydrazone groups is 1. The first-order valence-corrected chi connectivity index (χ1v) is 12.5. The SMILES string of the molecule is COc1cc(/C=C2/C(=O)N(C(=O)Cn3c4ccc(Br)cc4c4nc5ccccc5nc43)N=C2C)ccc1O. The Morgan fingerprint density at radius 3 is 2.61 bits per heavy atom. The van der Waals surface area contributed by atoms with Crippen LogP contribution in [0, 0.1) is 0 Å². The van der Waals surface area contributed by atoms with Crippen molar-refractivity contribution in [2.45, 2.75) is 13.5 Å². The number of aromatic nitrogens is 3. The van der Waals surface area contributed by atoms with E-state index in [9.17, 15) is 14.7 Å². The molecular weight excluding hydrogens is 550 g/mol. The lowest BCUT2D eigenvalue weighted by Crippen LogP contribution is -2.32. The number of halogens is 1. The molecule has 2 aromatic heterocycles. The summed E-state index contributed by atoms with van der Waals surface area (Å²) in [6, 6.07) is 18.0. The number of benzene rings is 3. The van der Waals surface area contributed by atoms with Gasteiger partial charge in [-0.2, -0.15) is 10.1 Å². The lowest BCUT2D eigenvalue weighted by molar-refractivity contribution is -0.141. The van der Waals surface area contributed by atoms with Gasteiger partial charge in [-0.05, 0) is 61.0 Å². The highest BCUT2D eigenvalue weighted by Crippen LogP contribution is 2.32. The van der Waals surface area contributed by atoms with Crippen LogP contribution in [-0.4, -0.2) is 49.3 Å². The van der Waals surface area contributed by atoms with Gasteiger partial charge in [0.05, 0.1) is 34.9 Å².